The van der Waals surface area contributed by atoms with Gasteiger partial charge in [-0.1, -0.05) is 0 Å². The summed E-state index contributed by atoms with van der Waals surface area (Å²) < 4.78 is 46.7. The highest BCUT2D eigenvalue weighted by atomic mass is 19.4. The van der Waals surface area contributed by atoms with Crippen LogP contribution in [0.1, 0.15) is 68.3 Å². The molecule has 1 N–H and O–H groups in total. The third-order valence-corrected chi connectivity index (χ3v) is 7.63. The topological polar surface area (TPSA) is 80.0 Å². The van der Waals surface area contributed by atoms with Gasteiger partial charge < -0.3 is 14.7 Å². The van der Waals surface area contributed by atoms with E-state index >= 15 is 0 Å². The number of fused-ring (bicyclic) bond motifs is 2. The zero-order chi connectivity index (χ0) is 23.4. The first-order valence-corrected chi connectivity index (χ1v) is 11.7. The van der Waals surface area contributed by atoms with Gasteiger partial charge in [-0.25, -0.2) is 4.98 Å². The summed E-state index contributed by atoms with van der Waals surface area (Å²) in [4.78, 5) is 18.8. The van der Waals surface area contributed by atoms with E-state index in [0.29, 0.717) is 51.1 Å². The van der Waals surface area contributed by atoms with E-state index in [0.717, 1.165) is 35.7 Å². The molecule has 0 radical (unpaired) electrons. The molecule has 7 nitrogen and oxygen atoms in total. The Bertz CT molecular complexity index is 1060. The van der Waals surface area contributed by atoms with Crippen LogP contribution in [0.4, 0.5) is 19.0 Å². The van der Waals surface area contributed by atoms with Gasteiger partial charge >= 0.3 is 12.1 Å². The maximum absolute atomic E-state index is 13.1. The van der Waals surface area contributed by atoms with Gasteiger partial charge in [-0.05, 0) is 45.4 Å². The third-order valence-electron chi connectivity index (χ3n) is 7.63. The number of anilines is 1. The Morgan fingerprint density at radius 3 is 2.73 bits per heavy atom. The van der Waals surface area contributed by atoms with Crippen molar-refractivity contribution in [3.05, 3.63) is 23.0 Å². The third kappa shape index (κ3) is 4.06. The van der Waals surface area contributed by atoms with E-state index < -0.39 is 23.5 Å². The molecule has 2 fully saturated rings. The molecule has 1 saturated carbocycles. The normalized spacial score (nSPS) is 28.7. The highest BCUT2D eigenvalue weighted by Gasteiger charge is 2.42. The van der Waals surface area contributed by atoms with Crippen molar-refractivity contribution in [1.29, 1.82) is 0 Å². The molecule has 0 unspecified atom stereocenters. The van der Waals surface area contributed by atoms with Crippen molar-refractivity contribution in [2.75, 3.05) is 24.6 Å². The molecule has 4 heterocycles. The number of carbonyl (C=O) groups is 1. The number of piperidine rings is 1. The molecule has 10 heteroatoms. The molecule has 3 aliphatic rings. The Morgan fingerprint density at radius 1 is 1.27 bits per heavy atom. The number of halogens is 3. The van der Waals surface area contributed by atoms with Crippen molar-refractivity contribution in [2.45, 2.75) is 70.6 Å². The second kappa shape index (κ2) is 8.14. The van der Waals surface area contributed by atoms with Gasteiger partial charge in [-0.2, -0.15) is 22.8 Å². The van der Waals surface area contributed by atoms with E-state index in [1.165, 1.54) is 0 Å². The molecule has 5 rings (SSSR count). The van der Waals surface area contributed by atoms with Crippen LogP contribution in [0, 0.1) is 11.3 Å². The summed E-state index contributed by atoms with van der Waals surface area (Å²) in [6.07, 6.45) is -0.952. The van der Waals surface area contributed by atoms with Gasteiger partial charge in [-0.3, -0.25) is 4.79 Å². The van der Waals surface area contributed by atoms with E-state index in [9.17, 15) is 23.1 Å². The maximum atomic E-state index is 13.1. The first-order valence-electron chi connectivity index (χ1n) is 11.7. The van der Waals surface area contributed by atoms with E-state index in [1.807, 2.05) is 6.07 Å². The Morgan fingerprint density at radius 2 is 2.03 bits per heavy atom. The number of ether oxygens (including phenoxy) is 1. The van der Waals surface area contributed by atoms with Gasteiger partial charge in [0.1, 0.15) is 5.82 Å². The molecule has 0 bridgehead atoms. The molecule has 2 aliphatic heterocycles. The quantitative estimate of drug-likeness (QED) is 0.726. The van der Waals surface area contributed by atoms with Crippen LogP contribution in [0.5, 0.6) is 0 Å². The predicted molar refractivity (Wildman–Crippen MR) is 114 cm³/mol. The maximum Gasteiger partial charge on any atom is 0.391 e. The summed E-state index contributed by atoms with van der Waals surface area (Å²) in [6, 6.07) is 1.89. The van der Waals surface area contributed by atoms with Gasteiger partial charge in [0.15, 0.2) is 5.65 Å². The monoisotopic (exact) mass is 466 g/mol. The van der Waals surface area contributed by atoms with E-state index in [4.69, 9.17) is 14.8 Å². The molecule has 1 atom stereocenters. The molecule has 2 aromatic heterocycles. The highest BCUT2D eigenvalue weighted by molar-refractivity contribution is 5.75. The largest absolute Gasteiger partial charge is 0.481 e. The van der Waals surface area contributed by atoms with Gasteiger partial charge in [0.2, 0.25) is 0 Å². The average Bonchev–Trinajstić information content (AvgIpc) is 3.20. The van der Waals surface area contributed by atoms with Crippen molar-refractivity contribution in [1.82, 2.24) is 14.6 Å². The summed E-state index contributed by atoms with van der Waals surface area (Å²) >= 11 is 0. The van der Waals surface area contributed by atoms with Crippen LogP contribution in [0.3, 0.4) is 0 Å². The fraction of sp³-hybridized carbons (Fsp3) is 0.696. The lowest BCUT2D eigenvalue weighted by Gasteiger charge is -2.40. The van der Waals surface area contributed by atoms with Crippen LogP contribution in [0.2, 0.25) is 0 Å². The number of carboxylic acids is 1. The second-order valence-corrected chi connectivity index (χ2v) is 9.98. The molecule has 0 aromatic carbocycles. The Kier molecular flexibility index (Phi) is 5.54. The van der Waals surface area contributed by atoms with E-state index in [1.54, 1.807) is 11.4 Å². The van der Waals surface area contributed by atoms with Crippen LogP contribution in [-0.4, -0.2) is 51.5 Å². The van der Waals surface area contributed by atoms with Crippen molar-refractivity contribution >= 4 is 17.4 Å². The number of alkyl halides is 3. The van der Waals surface area contributed by atoms with Crippen molar-refractivity contribution < 1.29 is 27.8 Å². The van der Waals surface area contributed by atoms with Crippen LogP contribution in [0.25, 0.3) is 5.65 Å². The fourth-order valence-corrected chi connectivity index (χ4v) is 5.64. The molecular weight excluding hydrogens is 437 g/mol. The molecule has 0 amide bonds. The lowest BCUT2D eigenvalue weighted by atomic mass is 9.80. The number of aromatic nitrogens is 3. The standard InChI is InChI=1S/C23H29F3N4O3/c1-22(21(31)32)8-2-9-29(13-22)20-16-7-10-33-12-18(16)27-19-11-17(28-30(19)20)14-3-5-15(6-4-14)23(24,25)26/h11,14-15H,2-10,12-13H2,1H3,(H,31,32)/t14?,15?,22-/m1/s1. The first-order chi connectivity index (χ1) is 15.7. The molecule has 1 aliphatic carbocycles. The number of rotatable bonds is 3. The van der Waals surface area contributed by atoms with Gasteiger partial charge in [0, 0.05) is 37.1 Å². The number of carboxylic acid groups (broad SMARTS) is 1. The van der Waals surface area contributed by atoms with Crippen molar-refractivity contribution in [2.24, 2.45) is 11.3 Å². The number of nitrogens with zero attached hydrogens (tertiary/aromatic N) is 4. The molecule has 0 spiro atoms. The smallest absolute Gasteiger partial charge is 0.391 e. The summed E-state index contributed by atoms with van der Waals surface area (Å²) in [5, 5.41) is 14.6. The van der Waals surface area contributed by atoms with Crippen LogP contribution in [0.15, 0.2) is 6.07 Å². The second-order valence-electron chi connectivity index (χ2n) is 9.98. The molecule has 180 valence electrons. The Balaban J connectivity index is 1.52. The highest BCUT2D eigenvalue weighted by Crippen LogP contribution is 2.43. The number of hydrogen-bond donors (Lipinski definition) is 1. The molecular formula is C23H29F3N4O3. The lowest BCUT2D eigenvalue weighted by molar-refractivity contribution is -0.182. The lowest BCUT2D eigenvalue weighted by Crippen LogP contribution is -2.47. The van der Waals surface area contributed by atoms with E-state index in [-0.39, 0.29) is 18.8 Å². The van der Waals surface area contributed by atoms with E-state index in [2.05, 4.69) is 4.90 Å². The molecule has 2 aromatic rings. The first kappa shape index (κ1) is 22.4. The van der Waals surface area contributed by atoms with Gasteiger partial charge in [0.25, 0.3) is 0 Å². The summed E-state index contributed by atoms with van der Waals surface area (Å²) in [6.45, 7) is 3.83. The fourth-order valence-electron chi connectivity index (χ4n) is 5.64. The van der Waals surface area contributed by atoms with Crippen molar-refractivity contribution in [3.8, 4) is 0 Å². The predicted octanol–water partition coefficient (Wildman–Crippen LogP) is 4.33. The number of aliphatic carboxylic acids is 1. The average molecular weight is 467 g/mol. The Labute approximate surface area is 189 Å². The van der Waals surface area contributed by atoms with Crippen LogP contribution >= 0.6 is 0 Å². The molecule has 33 heavy (non-hydrogen) atoms. The summed E-state index contributed by atoms with van der Waals surface area (Å²) in [5.74, 6) is -1.21. The minimum atomic E-state index is -4.14. The van der Waals surface area contributed by atoms with Crippen molar-refractivity contribution in [3.63, 3.8) is 0 Å². The zero-order valence-corrected chi connectivity index (χ0v) is 18.7. The zero-order valence-electron chi connectivity index (χ0n) is 18.7. The Hall–Kier alpha value is -2.36. The summed E-state index contributed by atoms with van der Waals surface area (Å²) in [5.41, 5.74) is 2.42. The minimum absolute atomic E-state index is 0.0305. The van der Waals surface area contributed by atoms with Gasteiger partial charge in [0.05, 0.1) is 35.9 Å². The van der Waals surface area contributed by atoms with Crippen LogP contribution < -0.4 is 4.90 Å². The van der Waals surface area contributed by atoms with Gasteiger partial charge in [-0.15, -0.1) is 0 Å². The van der Waals surface area contributed by atoms with Crippen LogP contribution in [-0.2, 0) is 22.6 Å². The SMILES string of the molecule is C[C@@]1(C(=O)O)CCCN(c2c3c(nc4cc(C5CCC(C(F)(F)F)CC5)nn24)COCC3)C1. The molecule has 1 saturated heterocycles. The summed E-state index contributed by atoms with van der Waals surface area (Å²) in [7, 11) is 0. The minimum Gasteiger partial charge on any atom is -0.481 e. The number of hydrogen-bond acceptors (Lipinski definition) is 5.